The molecule has 4 heterocycles. The third kappa shape index (κ3) is 4.60. The molecule has 2 amide bonds. The van der Waals surface area contributed by atoms with Crippen LogP contribution in [0, 0.1) is 0 Å². The molecule has 2 aromatic rings. The summed E-state index contributed by atoms with van der Waals surface area (Å²) >= 11 is 0. The molecule has 0 spiro atoms. The molecule has 31 heavy (non-hydrogen) atoms. The summed E-state index contributed by atoms with van der Waals surface area (Å²) < 4.78 is 7.15. The summed E-state index contributed by atoms with van der Waals surface area (Å²) in [5, 5.41) is 4.45. The van der Waals surface area contributed by atoms with Crippen molar-refractivity contribution >= 4 is 17.6 Å². The second kappa shape index (κ2) is 8.36. The topological polar surface area (TPSA) is 100 Å². The number of H-pyrrole nitrogens is 1. The fourth-order valence-electron chi connectivity index (χ4n) is 4.41. The Bertz CT molecular complexity index is 1020. The first-order valence-electron chi connectivity index (χ1n) is 11.1. The van der Waals surface area contributed by atoms with Gasteiger partial charge >= 0.3 is 6.09 Å². The van der Waals surface area contributed by atoms with Gasteiger partial charge in [0.1, 0.15) is 16.8 Å². The molecule has 4 rings (SSSR count). The van der Waals surface area contributed by atoms with Gasteiger partial charge in [-0.25, -0.2) is 9.31 Å². The Morgan fingerprint density at radius 3 is 2.39 bits per heavy atom. The molecule has 2 aromatic heterocycles. The van der Waals surface area contributed by atoms with Crippen LogP contribution in [0.2, 0.25) is 0 Å². The SMILES string of the molecule is CC(C)(C)OC(=O)N1CCC(c2cc(=O)[nH]c3c(C(=O)N4CCCCC4)cnn23)CC1. The van der Waals surface area contributed by atoms with Crippen LogP contribution in [0.4, 0.5) is 4.79 Å². The summed E-state index contributed by atoms with van der Waals surface area (Å²) in [6, 6.07) is 1.56. The van der Waals surface area contributed by atoms with Crippen molar-refractivity contribution in [2.24, 2.45) is 0 Å². The van der Waals surface area contributed by atoms with Gasteiger partial charge in [0.25, 0.3) is 11.5 Å². The van der Waals surface area contributed by atoms with Crippen LogP contribution in [0.3, 0.4) is 0 Å². The third-order valence-electron chi connectivity index (χ3n) is 5.97. The lowest BCUT2D eigenvalue weighted by Gasteiger charge is -2.33. The fourth-order valence-corrected chi connectivity index (χ4v) is 4.41. The first-order valence-corrected chi connectivity index (χ1v) is 11.1. The number of hydrogen-bond acceptors (Lipinski definition) is 5. The zero-order valence-electron chi connectivity index (χ0n) is 18.5. The van der Waals surface area contributed by atoms with Gasteiger partial charge in [0.2, 0.25) is 0 Å². The highest BCUT2D eigenvalue weighted by molar-refractivity contribution is 5.99. The Hall–Kier alpha value is -2.84. The van der Waals surface area contributed by atoms with Crippen LogP contribution in [0.1, 0.15) is 74.8 Å². The summed E-state index contributed by atoms with van der Waals surface area (Å²) in [4.78, 5) is 44.1. The first kappa shape index (κ1) is 21.4. The Morgan fingerprint density at radius 2 is 1.74 bits per heavy atom. The molecule has 1 N–H and O–H groups in total. The number of ether oxygens (including phenoxy) is 1. The summed E-state index contributed by atoms with van der Waals surface area (Å²) in [6.07, 6.45) is 5.80. The van der Waals surface area contributed by atoms with Crippen molar-refractivity contribution in [3.05, 3.63) is 33.9 Å². The minimum Gasteiger partial charge on any atom is -0.444 e. The lowest BCUT2D eigenvalue weighted by molar-refractivity contribution is 0.0203. The van der Waals surface area contributed by atoms with Crippen molar-refractivity contribution in [1.29, 1.82) is 0 Å². The molecular weight excluding hydrogens is 398 g/mol. The van der Waals surface area contributed by atoms with Crippen molar-refractivity contribution in [3.63, 3.8) is 0 Å². The standard InChI is InChI=1S/C22H31N5O4/c1-22(2,3)31-21(30)26-11-7-15(8-12-26)17-13-18(28)24-19-16(14-23-27(17)19)20(29)25-9-5-4-6-10-25/h13-15H,4-12H2,1-3H3,(H,24,28). The molecule has 0 radical (unpaired) electrons. The van der Waals surface area contributed by atoms with E-state index in [4.69, 9.17) is 4.74 Å². The maximum Gasteiger partial charge on any atom is 0.410 e. The number of nitrogens with zero attached hydrogens (tertiary/aromatic N) is 4. The number of rotatable bonds is 2. The first-order chi connectivity index (χ1) is 14.7. The third-order valence-corrected chi connectivity index (χ3v) is 5.97. The minimum absolute atomic E-state index is 0.0707. The number of fused-ring (bicyclic) bond motifs is 1. The number of nitrogens with one attached hydrogen (secondary N) is 1. The Morgan fingerprint density at radius 1 is 1.06 bits per heavy atom. The van der Waals surface area contributed by atoms with E-state index in [1.165, 1.54) is 0 Å². The van der Waals surface area contributed by atoms with Gasteiger partial charge in [-0.05, 0) is 52.9 Å². The van der Waals surface area contributed by atoms with Gasteiger partial charge in [0.05, 0.1) is 11.9 Å². The van der Waals surface area contributed by atoms with E-state index < -0.39 is 5.60 Å². The highest BCUT2D eigenvalue weighted by Gasteiger charge is 2.30. The monoisotopic (exact) mass is 429 g/mol. The van der Waals surface area contributed by atoms with E-state index >= 15 is 0 Å². The molecule has 2 aliphatic heterocycles. The van der Waals surface area contributed by atoms with Gasteiger partial charge in [-0.2, -0.15) is 5.10 Å². The maximum absolute atomic E-state index is 13.0. The van der Waals surface area contributed by atoms with Crippen LogP contribution in [0.25, 0.3) is 5.65 Å². The predicted octanol–water partition coefficient (Wildman–Crippen LogP) is 2.76. The van der Waals surface area contributed by atoms with E-state index in [9.17, 15) is 14.4 Å². The van der Waals surface area contributed by atoms with Crippen LogP contribution in [-0.2, 0) is 4.74 Å². The van der Waals surface area contributed by atoms with Crippen molar-refractivity contribution in [3.8, 4) is 0 Å². The van der Waals surface area contributed by atoms with Gasteiger partial charge in [-0.15, -0.1) is 0 Å². The molecule has 168 valence electrons. The zero-order chi connectivity index (χ0) is 22.2. The summed E-state index contributed by atoms with van der Waals surface area (Å²) in [5.74, 6) is -0.0106. The molecule has 0 atom stereocenters. The molecule has 0 aromatic carbocycles. The van der Waals surface area contributed by atoms with Crippen molar-refractivity contribution in [1.82, 2.24) is 24.4 Å². The molecule has 9 heteroatoms. The molecule has 0 unspecified atom stereocenters. The van der Waals surface area contributed by atoms with E-state index in [1.54, 1.807) is 21.7 Å². The van der Waals surface area contributed by atoms with Gasteiger partial charge < -0.3 is 19.5 Å². The van der Waals surface area contributed by atoms with Crippen LogP contribution in [0.5, 0.6) is 0 Å². The highest BCUT2D eigenvalue weighted by Crippen LogP contribution is 2.29. The smallest absolute Gasteiger partial charge is 0.410 e. The van der Waals surface area contributed by atoms with Crippen LogP contribution in [0.15, 0.2) is 17.1 Å². The largest absolute Gasteiger partial charge is 0.444 e. The Balaban J connectivity index is 1.54. The Labute approximate surface area is 181 Å². The molecule has 2 saturated heterocycles. The van der Waals surface area contributed by atoms with Crippen molar-refractivity contribution < 1.29 is 14.3 Å². The van der Waals surface area contributed by atoms with E-state index in [0.717, 1.165) is 38.0 Å². The number of carbonyl (C=O) groups excluding carboxylic acids is 2. The molecule has 2 fully saturated rings. The molecule has 2 aliphatic rings. The lowest BCUT2D eigenvalue weighted by atomic mass is 9.93. The van der Waals surface area contributed by atoms with E-state index in [-0.39, 0.29) is 23.5 Å². The van der Waals surface area contributed by atoms with Gasteiger partial charge in [0.15, 0.2) is 0 Å². The van der Waals surface area contributed by atoms with Crippen LogP contribution in [-0.4, -0.2) is 68.2 Å². The summed E-state index contributed by atoms with van der Waals surface area (Å²) in [7, 11) is 0. The summed E-state index contributed by atoms with van der Waals surface area (Å²) in [6.45, 7) is 8.14. The quantitative estimate of drug-likeness (QED) is 0.791. The van der Waals surface area contributed by atoms with E-state index in [2.05, 4.69) is 10.1 Å². The molecule has 0 saturated carbocycles. The van der Waals surface area contributed by atoms with Gasteiger partial charge in [-0.3, -0.25) is 9.59 Å². The van der Waals surface area contributed by atoms with Crippen molar-refractivity contribution in [2.45, 2.75) is 64.4 Å². The molecule has 9 nitrogen and oxygen atoms in total. The fraction of sp³-hybridized carbons (Fsp3) is 0.636. The van der Waals surface area contributed by atoms with Crippen LogP contribution < -0.4 is 5.56 Å². The number of aromatic nitrogens is 3. The second-order valence-corrected chi connectivity index (χ2v) is 9.47. The normalized spacial score (nSPS) is 18.4. The number of piperidine rings is 2. The van der Waals surface area contributed by atoms with E-state index in [0.29, 0.717) is 37.1 Å². The predicted molar refractivity (Wildman–Crippen MR) is 115 cm³/mol. The average Bonchev–Trinajstić information content (AvgIpc) is 3.16. The molecule has 0 aliphatic carbocycles. The molecule has 0 bridgehead atoms. The number of carbonyl (C=O) groups is 2. The van der Waals surface area contributed by atoms with E-state index in [1.807, 2.05) is 25.7 Å². The number of amides is 2. The van der Waals surface area contributed by atoms with Crippen molar-refractivity contribution in [2.75, 3.05) is 26.2 Å². The lowest BCUT2D eigenvalue weighted by Crippen LogP contribution is -2.41. The second-order valence-electron chi connectivity index (χ2n) is 9.47. The highest BCUT2D eigenvalue weighted by atomic mass is 16.6. The van der Waals surface area contributed by atoms with Crippen LogP contribution >= 0.6 is 0 Å². The number of hydrogen-bond donors (Lipinski definition) is 1. The maximum atomic E-state index is 13.0. The summed E-state index contributed by atoms with van der Waals surface area (Å²) in [5.41, 5.74) is 0.893. The number of likely N-dealkylation sites (tertiary alicyclic amines) is 2. The number of aromatic amines is 1. The molecular formula is C22H31N5O4. The van der Waals surface area contributed by atoms with Gasteiger partial charge in [0, 0.05) is 38.2 Å². The Kier molecular flexibility index (Phi) is 5.77. The zero-order valence-corrected chi connectivity index (χ0v) is 18.5. The minimum atomic E-state index is -0.529. The van der Waals surface area contributed by atoms with Gasteiger partial charge in [-0.1, -0.05) is 0 Å². The average molecular weight is 430 g/mol.